The van der Waals surface area contributed by atoms with Crippen LogP contribution in [-0.2, 0) is 9.53 Å². The van der Waals surface area contributed by atoms with Gasteiger partial charge >= 0.3 is 0 Å². The smallest absolute Gasteiger partial charge is 0.152 e. The second-order valence-electron chi connectivity index (χ2n) is 6.62. The maximum absolute atomic E-state index is 12.2. The van der Waals surface area contributed by atoms with Gasteiger partial charge in [0.25, 0.3) is 0 Å². The first-order valence-corrected chi connectivity index (χ1v) is 9.09. The second kappa shape index (κ2) is 11.2. The monoisotopic (exact) mass is 297 g/mol. The number of hydrogen-bond donors (Lipinski definition) is 1. The first-order valence-electron chi connectivity index (χ1n) is 9.09. The Hall–Kier alpha value is -0.410. The van der Waals surface area contributed by atoms with Gasteiger partial charge in [-0.3, -0.25) is 4.79 Å². The molecule has 0 aromatic carbocycles. The predicted octanol–water partition coefficient (Wildman–Crippen LogP) is 4.37. The molecule has 1 saturated heterocycles. The summed E-state index contributed by atoms with van der Waals surface area (Å²) < 4.78 is 5.29. The normalized spacial score (nSPS) is 17.8. The number of hydrogen-bond acceptors (Lipinski definition) is 3. The van der Waals surface area contributed by atoms with E-state index in [1.165, 1.54) is 57.8 Å². The highest BCUT2D eigenvalue weighted by molar-refractivity contribution is 5.88. The first-order chi connectivity index (χ1) is 10.2. The van der Waals surface area contributed by atoms with E-state index in [0.29, 0.717) is 32.5 Å². The lowest BCUT2D eigenvalue weighted by Gasteiger charge is -2.31. The number of ether oxygens (including phenoxy) is 1. The Balaban J connectivity index is 1.93. The summed E-state index contributed by atoms with van der Waals surface area (Å²) in [6.45, 7) is 3.54. The molecule has 0 atom stereocenters. The van der Waals surface area contributed by atoms with Crippen molar-refractivity contribution in [1.82, 2.24) is 0 Å². The summed E-state index contributed by atoms with van der Waals surface area (Å²) in [5.41, 5.74) is 5.61. The molecular formula is C18H35NO2. The highest BCUT2D eigenvalue weighted by Gasteiger charge is 2.34. The van der Waals surface area contributed by atoms with Crippen molar-refractivity contribution in [1.29, 1.82) is 0 Å². The predicted molar refractivity (Wildman–Crippen MR) is 88.4 cm³/mol. The van der Waals surface area contributed by atoms with E-state index in [1.807, 2.05) is 0 Å². The first kappa shape index (κ1) is 18.6. The minimum Gasteiger partial charge on any atom is -0.381 e. The Labute approximate surface area is 131 Å². The van der Waals surface area contributed by atoms with Crippen LogP contribution in [-0.4, -0.2) is 24.5 Å². The fraction of sp³-hybridized carbons (Fsp3) is 0.944. The van der Waals surface area contributed by atoms with E-state index in [4.69, 9.17) is 10.5 Å². The third-order valence-electron chi connectivity index (χ3n) is 4.70. The van der Waals surface area contributed by atoms with Gasteiger partial charge in [-0.15, -0.1) is 0 Å². The van der Waals surface area contributed by atoms with E-state index in [2.05, 4.69) is 6.92 Å². The van der Waals surface area contributed by atoms with Gasteiger partial charge in [-0.1, -0.05) is 64.7 Å². The Kier molecular flexibility index (Phi) is 9.94. The van der Waals surface area contributed by atoms with Crippen molar-refractivity contribution in [2.45, 2.75) is 95.9 Å². The molecule has 1 fully saturated rings. The molecule has 2 N–H and O–H groups in total. The van der Waals surface area contributed by atoms with Gasteiger partial charge in [0.1, 0.15) is 0 Å². The molecule has 0 aliphatic carbocycles. The largest absolute Gasteiger partial charge is 0.381 e. The van der Waals surface area contributed by atoms with Crippen LogP contribution in [0.25, 0.3) is 0 Å². The molecule has 0 radical (unpaired) electrons. The Morgan fingerprint density at radius 2 is 1.38 bits per heavy atom. The zero-order chi connectivity index (χ0) is 15.4. The van der Waals surface area contributed by atoms with Crippen molar-refractivity contribution in [2.24, 2.45) is 5.73 Å². The van der Waals surface area contributed by atoms with Crippen molar-refractivity contribution < 1.29 is 9.53 Å². The number of nitrogens with two attached hydrogens (primary N) is 1. The molecule has 1 aliphatic rings. The van der Waals surface area contributed by atoms with Gasteiger partial charge in [0, 0.05) is 19.6 Å². The molecule has 0 bridgehead atoms. The average molecular weight is 297 g/mol. The van der Waals surface area contributed by atoms with Crippen LogP contribution in [0.3, 0.4) is 0 Å². The second-order valence-corrected chi connectivity index (χ2v) is 6.62. The summed E-state index contributed by atoms with van der Waals surface area (Å²) in [4.78, 5) is 12.2. The van der Waals surface area contributed by atoms with Crippen LogP contribution < -0.4 is 5.73 Å². The Morgan fingerprint density at radius 3 is 1.90 bits per heavy atom. The van der Waals surface area contributed by atoms with Crippen molar-refractivity contribution in [3.63, 3.8) is 0 Å². The summed E-state index contributed by atoms with van der Waals surface area (Å²) in [6.07, 6.45) is 15.1. The van der Waals surface area contributed by atoms with Gasteiger partial charge < -0.3 is 10.5 Å². The van der Waals surface area contributed by atoms with Crippen LogP contribution in [0, 0.1) is 0 Å². The standard InChI is InChI=1S/C18H35NO2/c1-2-3-4-5-6-7-8-9-10-11-12-17(20)18(19)13-15-21-16-14-18/h2-16,19H2,1H3. The van der Waals surface area contributed by atoms with Crippen LogP contribution in [0.4, 0.5) is 0 Å². The van der Waals surface area contributed by atoms with Crippen molar-refractivity contribution in [3.8, 4) is 0 Å². The van der Waals surface area contributed by atoms with Crippen molar-refractivity contribution in [3.05, 3.63) is 0 Å². The Bertz CT molecular complexity index is 272. The summed E-state index contributed by atoms with van der Waals surface area (Å²) in [5.74, 6) is 0.255. The summed E-state index contributed by atoms with van der Waals surface area (Å²) in [5, 5.41) is 0. The molecule has 3 nitrogen and oxygen atoms in total. The molecule has 0 unspecified atom stereocenters. The highest BCUT2D eigenvalue weighted by Crippen LogP contribution is 2.21. The number of carbonyl (C=O) groups is 1. The molecule has 3 heteroatoms. The fourth-order valence-corrected chi connectivity index (χ4v) is 3.04. The van der Waals surface area contributed by atoms with Gasteiger partial charge in [-0.05, 0) is 19.3 Å². The lowest BCUT2D eigenvalue weighted by atomic mass is 9.84. The third kappa shape index (κ3) is 7.96. The van der Waals surface area contributed by atoms with E-state index in [0.717, 1.165) is 6.42 Å². The number of Topliss-reactive ketones (excluding diaryl/α,β-unsaturated/α-hetero) is 1. The summed E-state index contributed by atoms with van der Waals surface area (Å²) in [7, 11) is 0. The maximum Gasteiger partial charge on any atom is 0.152 e. The molecule has 21 heavy (non-hydrogen) atoms. The number of rotatable bonds is 12. The molecule has 1 aliphatic heterocycles. The topological polar surface area (TPSA) is 52.3 Å². The molecule has 0 saturated carbocycles. The SMILES string of the molecule is CCCCCCCCCCCCC(=O)C1(N)CCOCC1. The molecule has 0 spiro atoms. The minimum atomic E-state index is -0.586. The van der Waals surface area contributed by atoms with Crippen LogP contribution >= 0.6 is 0 Å². The quantitative estimate of drug-likeness (QED) is 0.544. The van der Waals surface area contributed by atoms with Gasteiger partial charge in [0.05, 0.1) is 5.54 Å². The number of carbonyl (C=O) groups excluding carboxylic acids is 1. The van der Waals surface area contributed by atoms with E-state index in [9.17, 15) is 4.79 Å². The van der Waals surface area contributed by atoms with E-state index < -0.39 is 5.54 Å². The van der Waals surface area contributed by atoms with E-state index >= 15 is 0 Å². The van der Waals surface area contributed by atoms with Crippen LogP contribution in [0.1, 0.15) is 90.4 Å². The number of ketones is 1. The fourth-order valence-electron chi connectivity index (χ4n) is 3.04. The Morgan fingerprint density at radius 1 is 0.905 bits per heavy atom. The average Bonchev–Trinajstić information content (AvgIpc) is 2.49. The zero-order valence-corrected chi connectivity index (χ0v) is 14.0. The molecule has 0 aromatic rings. The molecule has 0 amide bonds. The van der Waals surface area contributed by atoms with E-state index in [-0.39, 0.29) is 5.78 Å². The maximum atomic E-state index is 12.2. The van der Waals surface area contributed by atoms with Gasteiger partial charge in [-0.2, -0.15) is 0 Å². The molecule has 1 heterocycles. The van der Waals surface area contributed by atoms with Gasteiger partial charge in [-0.25, -0.2) is 0 Å². The molecule has 1 rings (SSSR count). The summed E-state index contributed by atoms with van der Waals surface area (Å²) >= 11 is 0. The van der Waals surface area contributed by atoms with Gasteiger partial charge in [0.2, 0.25) is 0 Å². The molecule has 0 aromatic heterocycles. The van der Waals surface area contributed by atoms with E-state index in [1.54, 1.807) is 0 Å². The molecular weight excluding hydrogens is 262 g/mol. The summed E-state index contributed by atoms with van der Waals surface area (Å²) in [6, 6.07) is 0. The highest BCUT2D eigenvalue weighted by atomic mass is 16.5. The van der Waals surface area contributed by atoms with Crippen LogP contribution in [0.2, 0.25) is 0 Å². The van der Waals surface area contributed by atoms with Crippen molar-refractivity contribution in [2.75, 3.05) is 13.2 Å². The van der Waals surface area contributed by atoms with Crippen molar-refractivity contribution >= 4 is 5.78 Å². The van der Waals surface area contributed by atoms with Crippen LogP contribution in [0.15, 0.2) is 0 Å². The zero-order valence-electron chi connectivity index (χ0n) is 14.0. The number of unbranched alkanes of at least 4 members (excludes halogenated alkanes) is 9. The lowest BCUT2D eigenvalue weighted by molar-refractivity contribution is -0.127. The third-order valence-corrected chi connectivity index (χ3v) is 4.70. The van der Waals surface area contributed by atoms with Gasteiger partial charge in [0.15, 0.2) is 5.78 Å². The minimum absolute atomic E-state index is 0.255. The lowest BCUT2D eigenvalue weighted by Crippen LogP contribution is -2.51. The van der Waals surface area contributed by atoms with Crippen LogP contribution in [0.5, 0.6) is 0 Å². The molecule has 124 valence electrons.